The summed E-state index contributed by atoms with van der Waals surface area (Å²) in [7, 11) is 0. The van der Waals surface area contributed by atoms with Crippen LogP contribution in [-0.4, -0.2) is 64.1 Å². The summed E-state index contributed by atoms with van der Waals surface area (Å²) in [5, 5.41) is 17.3. The van der Waals surface area contributed by atoms with Gasteiger partial charge in [0.15, 0.2) is 11.6 Å². The average molecular weight is 552 g/mol. The van der Waals surface area contributed by atoms with Gasteiger partial charge in [-0.3, -0.25) is 4.79 Å². The van der Waals surface area contributed by atoms with Gasteiger partial charge in [0.1, 0.15) is 5.56 Å². The van der Waals surface area contributed by atoms with E-state index in [1.54, 1.807) is 0 Å². The van der Waals surface area contributed by atoms with E-state index in [-0.39, 0.29) is 35.3 Å². The highest BCUT2D eigenvalue weighted by Crippen LogP contribution is 2.26. The molecule has 212 valence electrons. The number of carboxylic acids is 2. The van der Waals surface area contributed by atoms with Gasteiger partial charge >= 0.3 is 24.3 Å². The van der Waals surface area contributed by atoms with E-state index in [1.165, 1.54) is 0 Å². The summed E-state index contributed by atoms with van der Waals surface area (Å²) in [6.07, 6.45) is -6.64. The van der Waals surface area contributed by atoms with Gasteiger partial charge in [0.05, 0.1) is 6.61 Å². The van der Waals surface area contributed by atoms with Crippen LogP contribution in [0.4, 0.5) is 36.6 Å². The van der Waals surface area contributed by atoms with Crippen molar-refractivity contribution >= 4 is 23.7 Å². The van der Waals surface area contributed by atoms with Crippen molar-refractivity contribution in [1.29, 1.82) is 0 Å². The molecule has 10 nitrogen and oxygen atoms in total. The van der Waals surface area contributed by atoms with Crippen LogP contribution >= 0.6 is 0 Å². The summed E-state index contributed by atoms with van der Waals surface area (Å²) in [5.74, 6) is -6.47. The van der Waals surface area contributed by atoms with E-state index in [4.69, 9.17) is 36.0 Å². The molecule has 0 unspecified atom stereocenters. The number of amides is 1. The van der Waals surface area contributed by atoms with Gasteiger partial charge < -0.3 is 31.7 Å². The lowest BCUT2D eigenvalue weighted by molar-refractivity contribution is -0.193. The number of hydrogen-bond acceptors (Lipinski definition) is 7. The number of halogens is 7. The van der Waals surface area contributed by atoms with E-state index in [0.717, 1.165) is 31.7 Å². The normalized spacial score (nSPS) is 17.5. The second-order valence-electron chi connectivity index (χ2n) is 8.10. The minimum atomic E-state index is -5.08. The zero-order chi connectivity index (χ0) is 29.1. The largest absolute Gasteiger partial charge is 0.490 e. The highest BCUT2D eigenvalue weighted by molar-refractivity contribution is 5.95. The van der Waals surface area contributed by atoms with Crippen molar-refractivity contribution in [3.05, 3.63) is 17.4 Å². The minimum absolute atomic E-state index is 0.0423. The van der Waals surface area contributed by atoms with Crippen molar-refractivity contribution in [3.8, 4) is 5.88 Å². The molecule has 2 rings (SSSR count). The zero-order valence-corrected chi connectivity index (χ0v) is 19.6. The third-order valence-corrected chi connectivity index (χ3v) is 4.36. The summed E-state index contributed by atoms with van der Waals surface area (Å²) in [6.45, 7) is 4.31. The quantitative estimate of drug-likeness (QED) is 0.331. The highest BCUT2D eigenvalue weighted by Gasteiger charge is 2.38. The molecule has 0 radical (unpaired) electrons. The Morgan fingerprint density at radius 2 is 1.49 bits per heavy atom. The molecule has 1 amide bonds. The Hall–Kier alpha value is -3.37. The number of aromatic nitrogens is 1. The number of nitrogens with two attached hydrogens (primary N) is 2. The number of rotatable bonds is 6. The van der Waals surface area contributed by atoms with Gasteiger partial charge in [-0.15, -0.1) is 0 Å². The van der Waals surface area contributed by atoms with Crippen LogP contribution in [0.1, 0.15) is 49.9 Å². The van der Waals surface area contributed by atoms with Crippen LogP contribution in [-0.2, 0) is 9.59 Å². The van der Waals surface area contributed by atoms with Crippen molar-refractivity contribution in [2.75, 3.05) is 11.9 Å². The summed E-state index contributed by atoms with van der Waals surface area (Å²) in [6, 6.07) is 1.42. The predicted octanol–water partition coefficient (Wildman–Crippen LogP) is 3.30. The first-order chi connectivity index (χ1) is 16.7. The molecule has 1 aliphatic carbocycles. The van der Waals surface area contributed by atoms with E-state index in [0.29, 0.717) is 6.61 Å². The van der Waals surface area contributed by atoms with E-state index >= 15 is 0 Å². The molecule has 1 fully saturated rings. The fourth-order valence-corrected chi connectivity index (χ4v) is 2.56. The molecule has 0 saturated heterocycles. The van der Waals surface area contributed by atoms with Gasteiger partial charge in [0.25, 0.3) is 5.91 Å². The standard InChI is InChI=1S/C16H25FN4O2.2C2HF3O2/c1-9(2)8-23-16-12(14(19)22)7-13(17)15(21-16)20-11-5-3-10(18)4-6-11;2*3-2(4,5)1(6)7/h7,9-11H,3-6,8,18H2,1-2H3,(H2,19,22)(H,20,21);2*(H,6,7)/t10-,11-;;. The van der Waals surface area contributed by atoms with E-state index in [2.05, 4.69) is 10.3 Å². The van der Waals surface area contributed by atoms with Crippen molar-refractivity contribution in [2.45, 2.75) is 64.0 Å². The predicted molar refractivity (Wildman–Crippen MR) is 114 cm³/mol. The maximum absolute atomic E-state index is 14.2. The Bertz CT molecular complexity index is 894. The van der Waals surface area contributed by atoms with Crippen molar-refractivity contribution in [2.24, 2.45) is 17.4 Å². The Kier molecular flexibility index (Phi) is 13.1. The average Bonchev–Trinajstić information content (AvgIpc) is 2.74. The van der Waals surface area contributed by atoms with Crippen LogP contribution in [0.3, 0.4) is 0 Å². The molecule has 1 aromatic rings. The molecule has 1 heterocycles. The number of nitrogens with one attached hydrogen (secondary N) is 1. The van der Waals surface area contributed by atoms with Crippen LogP contribution in [0.2, 0.25) is 0 Å². The third-order valence-electron chi connectivity index (χ3n) is 4.36. The number of aliphatic carboxylic acids is 2. The van der Waals surface area contributed by atoms with Crippen LogP contribution < -0.4 is 21.5 Å². The summed E-state index contributed by atoms with van der Waals surface area (Å²) in [5.41, 5.74) is 11.1. The molecule has 0 aromatic carbocycles. The van der Waals surface area contributed by atoms with E-state index in [1.807, 2.05) is 13.8 Å². The van der Waals surface area contributed by atoms with Gasteiger partial charge in [-0.2, -0.15) is 31.3 Å². The lowest BCUT2D eigenvalue weighted by atomic mass is 9.92. The summed E-state index contributed by atoms with van der Waals surface area (Å²) >= 11 is 0. The highest BCUT2D eigenvalue weighted by atomic mass is 19.4. The lowest BCUT2D eigenvalue weighted by Crippen LogP contribution is -2.33. The molecule has 0 bridgehead atoms. The number of hydrogen-bond donors (Lipinski definition) is 5. The van der Waals surface area contributed by atoms with Crippen molar-refractivity contribution in [1.82, 2.24) is 4.98 Å². The molecule has 37 heavy (non-hydrogen) atoms. The number of alkyl halides is 6. The monoisotopic (exact) mass is 552 g/mol. The molecule has 1 aliphatic rings. The fraction of sp³-hybridized carbons (Fsp3) is 0.600. The molecule has 17 heteroatoms. The van der Waals surface area contributed by atoms with Crippen LogP contribution in [0.5, 0.6) is 5.88 Å². The maximum atomic E-state index is 14.2. The first-order valence-electron chi connectivity index (χ1n) is 10.5. The maximum Gasteiger partial charge on any atom is 0.490 e. The van der Waals surface area contributed by atoms with Crippen molar-refractivity contribution < 1.29 is 60.1 Å². The molecule has 0 atom stereocenters. The van der Waals surface area contributed by atoms with Crippen molar-refractivity contribution in [3.63, 3.8) is 0 Å². The number of ether oxygens (including phenoxy) is 1. The van der Waals surface area contributed by atoms with Crippen LogP contribution in [0, 0.1) is 11.7 Å². The van der Waals surface area contributed by atoms with Gasteiger partial charge in [0.2, 0.25) is 5.88 Å². The van der Waals surface area contributed by atoms with Gasteiger partial charge in [-0.1, -0.05) is 13.8 Å². The summed E-state index contributed by atoms with van der Waals surface area (Å²) < 4.78 is 83.2. The molecule has 7 N–H and O–H groups in total. The van der Waals surface area contributed by atoms with E-state index < -0.39 is 36.0 Å². The molecule has 1 aromatic heterocycles. The number of nitrogens with zero attached hydrogens (tertiary/aromatic N) is 1. The number of carbonyl (C=O) groups is 3. The first-order valence-corrected chi connectivity index (χ1v) is 10.5. The lowest BCUT2D eigenvalue weighted by Gasteiger charge is -2.27. The number of pyridine rings is 1. The van der Waals surface area contributed by atoms with Gasteiger partial charge in [-0.25, -0.2) is 14.0 Å². The second kappa shape index (κ2) is 14.4. The minimum Gasteiger partial charge on any atom is -0.477 e. The smallest absolute Gasteiger partial charge is 0.477 e. The molecular formula is C20H27F7N4O6. The molecule has 0 spiro atoms. The molecular weight excluding hydrogens is 525 g/mol. The number of primary amides is 1. The Labute approximate surface area is 206 Å². The number of carboxylic acid groups (broad SMARTS) is 2. The zero-order valence-electron chi connectivity index (χ0n) is 19.6. The molecule has 1 saturated carbocycles. The molecule has 0 aliphatic heterocycles. The van der Waals surface area contributed by atoms with Gasteiger partial charge in [-0.05, 0) is 37.7 Å². The topological polar surface area (TPSA) is 178 Å². The summed E-state index contributed by atoms with van der Waals surface area (Å²) in [4.78, 5) is 33.4. The SMILES string of the molecule is CC(C)COc1nc(N[C@H]2CC[C@H](N)CC2)c(F)cc1C(N)=O.O=C(O)C(F)(F)F.O=C(O)C(F)(F)F. The van der Waals surface area contributed by atoms with Crippen LogP contribution in [0.25, 0.3) is 0 Å². The second-order valence-corrected chi connectivity index (χ2v) is 8.10. The Morgan fingerprint density at radius 1 is 1.05 bits per heavy atom. The Balaban J connectivity index is 0.000000761. The first kappa shape index (κ1) is 33.6. The van der Waals surface area contributed by atoms with Gasteiger partial charge in [0, 0.05) is 12.1 Å². The third kappa shape index (κ3) is 13.5. The Morgan fingerprint density at radius 3 is 1.84 bits per heavy atom. The fourth-order valence-electron chi connectivity index (χ4n) is 2.56. The number of anilines is 1. The van der Waals surface area contributed by atoms with Crippen LogP contribution in [0.15, 0.2) is 6.07 Å². The number of carbonyl (C=O) groups excluding carboxylic acids is 1. The van der Waals surface area contributed by atoms with E-state index in [9.17, 15) is 35.5 Å².